The Hall–Kier alpha value is -1.34. The molecule has 0 saturated carbocycles. The van der Waals surface area contributed by atoms with Crippen molar-refractivity contribution >= 4 is 35.4 Å². The molecule has 140 valence electrons. The van der Waals surface area contributed by atoms with Crippen LogP contribution in [0.1, 0.15) is 32.8 Å². The number of aliphatic imine (C=N–C) groups is 1. The molecule has 0 fully saturated rings. The number of halogens is 1. The standard InChI is InChI=1S/C19H25ClN4OS/c1-10-11(2)26-19-16(10)17(13-4-6-14(20)7-5-13)23-15(8-9-25)18(22)24(19)12(3)21/h4-7,9-12,15,18H,8,21-22H2,1-3H3/t10?,11?,12?,15-,18?/m0/s1. The molecule has 0 amide bonds. The van der Waals surface area contributed by atoms with Crippen LogP contribution >= 0.6 is 23.4 Å². The van der Waals surface area contributed by atoms with E-state index in [0.717, 1.165) is 28.2 Å². The monoisotopic (exact) mass is 392 g/mol. The van der Waals surface area contributed by atoms with Crippen LogP contribution in [-0.2, 0) is 4.79 Å². The van der Waals surface area contributed by atoms with Gasteiger partial charge in [-0.2, -0.15) is 0 Å². The van der Waals surface area contributed by atoms with Crippen LogP contribution in [0.15, 0.2) is 39.9 Å². The number of rotatable bonds is 4. The second-order valence-corrected chi connectivity index (χ2v) is 8.73. The van der Waals surface area contributed by atoms with Gasteiger partial charge in [0.1, 0.15) is 12.5 Å². The minimum atomic E-state index is -0.444. The van der Waals surface area contributed by atoms with Gasteiger partial charge in [-0.25, -0.2) is 0 Å². The Balaban J connectivity index is 2.21. The fraction of sp³-hybridized carbons (Fsp3) is 0.474. The number of allylic oxidation sites excluding steroid dienone is 1. The molecule has 2 aliphatic heterocycles. The largest absolute Gasteiger partial charge is 0.334 e. The van der Waals surface area contributed by atoms with Crippen LogP contribution in [0.2, 0.25) is 5.02 Å². The zero-order valence-corrected chi connectivity index (χ0v) is 16.8. The third-order valence-corrected chi connectivity index (χ3v) is 6.77. The maximum atomic E-state index is 11.2. The molecule has 5 nitrogen and oxygen atoms in total. The van der Waals surface area contributed by atoms with Crippen molar-refractivity contribution in [3.8, 4) is 0 Å². The molecule has 4 unspecified atom stereocenters. The maximum absolute atomic E-state index is 11.2. The number of thioether (sulfide) groups is 1. The lowest BCUT2D eigenvalue weighted by Crippen LogP contribution is -2.54. The van der Waals surface area contributed by atoms with E-state index in [-0.39, 0.29) is 18.6 Å². The molecule has 26 heavy (non-hydrogen) atoms. The van der Waals surface area contributed by atoms with E-state index in [9.17, 15) is 4.79 Å². The van der Waals surface area contributed by atoms with Crippen molar-refractivity contribution in [3.63, 3.8) is 0 Å². The molecule has 4 N–H and O–H groups in total. The van der Waals surface area contributed by atoms with Crippen LogP contribution in [0.4, 0.5) is 0 Å². The van der Waals surface area contributed by atoms with Crippen LogP contribution in [0.5, 0.6) is 0 Å². The summed E-state index contributed by atoms with van der Waals surface area (Å²) in [4.78, 5) is 18.2. The highest BCUT2D eigenvalue weighted by Crippen LogP contribution is 2.47. The Kier molecular flexibility index (Phi) is 5.77. The molecule has 7 heteroatoms. The summed E-state index contributed by atoms with van der Waals surface area (Å²) in [5.41, 5.74) is 15.8. The average Bonchev–Trinajstić information content (AvgIpc) is 2.80. The number of hydrogen-bond donors (Lipinski definition) is 2. The summed E-state index contributed by atoms with van der Waals surface area (Å²) < 4.78 is 0. The number of nitrogens with two attached hydrogens (primary N) is 2. The first kappa shape index (κ1) is 19.4. The zero-order chi connectivity index (χ0) is 19.0. The normalized spacial score (nSPS) is 29.9. The van der Waals surface area contributed by atoms with E-state index in [1.165, 1.54) is 0 Å². The lowest BCUT2D eigenvalue weighted by molar-refractivity contribution is -0.108. The number of nitrogens with zero attached hydrogens (tertiary/aromatic N) is 2. The van der Waals surface area contributed by atoms with Gasteiger partial charge in [-0.1, -0.05) is 37.6 Å². The molecule has 2 aliphatic rings. The van der Waals surface area contributed by atoms with Gasteiger partial charge in [0.15, 0.2) is 0 Å². The summed E-state index contributed by atoms with van der Waals surface area (Å²) in [6.45, 7) is 6.33. The molecule has 2 heterocycles. The predicted octanol–water partition coefficient (Wildman–Crippen LogP) is 2.97. The van der Waals surface area contributed by atoms with Crippen LogP contribution in [0.3, 0.4) is 0 Å². The second kappa shape index (κ2) is 7.72. The quantitative estimate of drug-likeness (QED) is 0.769. The summed E-state index contributed by atoms with van der Waals surface area (Å²) >= 11 is 7.85. The van der Waals surface area contributed by atoms with Gasteiger partial charge in [-0.15, -0.1) is 11.8 Å². The minimum absolute atomic E-state index is 0.261. The highest BCUT2D eigenvalue weighted by molar-refractivity contribution is 8.03. The van der Waals surface area contributed by atoms with Crippen molar-refractivity contribution in [1.82, 2.24) is 4.90 Å². The van der Waals surface area contributed by atoms with Gasteiger partial charge >= 0.3 is 0 Å². The average molecular weight is 393 g/mol. The van der Waals surface area contributed by atoms with Gasteiger partial charge in [0.25, 0.3) is 0 Å². The number of benzene rings is 1. The second-order valence-electron chi connectivity index (χ2n) is 6.92. The van der Waals surface area contributed by atoms with Crippen molar-refractivity contribution in [2.24, 2.45) is 22.4 Å². The highest BCUT2D eigenvalue weighted by atomic mass is 35.5. The van der Waals surface area contributed by atoms with E-state index < -0.39 is 6.17 Å². The van der Waals surface area contributed by atoms with E-state index in [4.69, 9.17) is 28.1 Å². The molecule has 5 atom stereocenters. The Morgan fingerprint density at radius 3 is 2.58 bits per heavy atom. The topological polar surface area (TPSA) is 84.7 Å². The first-order chi connectivity index (χ1) is 12.3. The summed E-state index contributed by atoms with van der Waals surface area (Å²) in [5, 5.41) is 2.15. The number of carbonyl (C=O) groups is 1. The minimum Gasteiger partial charge on any atom is -0.334 e. The smallest absolute Gasteiger partial charge is 0.122 e. The molecule has 0 bridgehead atoms. The predicted molar refractivity (Wildman–Crippen MR) is 109 cm³/mol. The molecular weight excluding hydrogens is 368 g/mol. The van der Waals surface area contributed by atoms with Gasteiger partial charge in [0.05, 0.1) is 22.9 Å². The fourth-order valence-corrected chi connectivity index (χ4v) is 5.14. The van der Waals surface area contributed by atoms with Gasteiger partial charge < -0.3 is 21.2 Å². The molecule has 1 aromatic carbocycles. The molecule has 3 rings (SSSR count). The van der Waals surface area contributed by atoms with Gasteiger partial charge in [0.2, 0.25) is 0 Å². The van der Waals surface area contributed by atoms with Gasteiger partial charge in [0, 0.05) is 27.8 Å². The SMILES string of the molecule is CC1SC2=C(C(c3ccc(Cl)cc3)=N[C@@H](CC=O)C(N)N2C(C)N)C1C. The van der Waals surface area contributed by atoms with Crippen LogP contribution in [0.25, 0.3) is 0 Å². The summed E-state index contributed by atoms with van der Waals surface area (Å²) in [6, 6.07) is 7.31. The summed E-state index contributed by atoms with van der Waals surface area (Å²) in [5.74, 6) is 0.299. The first-order valence-corrected chi connectivity index (χ1v) is 10.1. The zero-order valence-electron chi connectivity index (χ0n) is 15.2. The molecule has 0 saturated heterocycles. The van der Waals surface area contributed by atoms with E-state index in [0.29, 0.717) is 16.2 Å². The van der Waals surface area contributed by atoms with Crippen LogP contribution < -0.4 is 11.5 Å². The first-order valence-electron chi connectivity index (χ1n) is 8.83. The molecular formula is C19H25ClN4OS. The Bertz CT molecular complexity index is 746. The molecule has 0 spiro atoms. The van der Waals surface area contributed by atoms with Crippen molar-refractivity contribution in [1.29, 1.82) is 0 Å². The maximum Gasteiger partial charge on any atom is 0.122 e. The Morgan fingerprint density at radius 2 is 2.00 bits per heavy atom. The fourth-order valence-electron chi connectivity index (χ4n) is 3.51. The molecule has 0 aromatic heterocycles. The van der Waals surface area contributed by atoms with Crippen molar-refractivity contribution in [2.45, 2.75) is 50.8 Å². The number of aldehydes is 1. The van der Waals surface area contributed by atoms with E-state index in [1.807, 2.05) is 36.1 Å². The number of carbonyl (C=O) groups excluding carboxylic acids is 1. The van der Waals surface area contributed by atoms with Crippen molar-refractivity contribution < 1.29 is 4.79 Å². The highest BCUT2D eigenvalue weighted by Gasteiger charge is 2.41. The van der Waals surface area contributed by atoms with E-state index in [2.05, 4.69) is 13.8 Å². The lowest BCUT2D eigenvalue weighted by Gasteiger charge is -2.36. The Morgan fingerprint density at radius 1 is 1.35 bits per heavy atom. The van der Waals surface area contributed by atoms with Gasteiger partial charge in [-0.05, 0) is 25.0 Å². The van der Waals surface area contributed by atoms with E-state index in [1.54, 1.807) is 11.8 Å². The summed E-state index contributed by atoms with van der Waals surface area (Å²) in [6.07, 6.45) is 0.424. The molecule has 0 aliphatic carbocycles. The third kappa shape index (κ3) is 3.43. The Labute approximate surface area is 163 Å². The van der Waals surface area contributed by atoms with Crippen LogP contribution in [-0.4, -0.2) is 40.5 Å². The van der Waals surface area contributed by atoms with Crippen LogP contribution in [0, 0.1) is 5.92 Å². The summed E-state index contributed by atoms with van der Waals surface area (Å²) in [7, 11) is 0. The lowest BCUT2D eigenvalue weighted by atomic mass is 9.91. The molecule has 0 radical (unpaired) electrons. The van der Waals surface area contributed by atoms with E-state index >= 15 is 0 Å². The van der Waals surface area contributed by atoms with Gasteiger partial charge in [-0.3, -0.25) is 4.99 Å². The number of hydrogen-bond acceptors (Lipinski definition) is 6. The third-order valence-electron chi connectivity index (χ3n) is 5.08. The van der Waals surface area contributed by atoms with Crippen molar-refractivity contribution in [3.05, 3.63) is 45.5 Å². The van der Waals surface area contributed by atoms with Crippen molar-refractivity contribution in [2.75, 3.05) is 0 Å². The molecule has 1 aromatic rings.